The second-order valence-corrected chi connectivity index (χ2v) is 5.08. The highest BCUT2D eigenvalue weighted by Gasteiger charge is 2.32. The van der Waals surface area contributed by atoms with Crippen LogP contribution >= 0.6 is 0 Å². The molecule has 0 heterocycles. The van der Waals surface area contributed by atoms with Crippen molar-refractivity contribution in [3.05, 3.63) is 0 Å². The van der Waals surface area contributed by atoms with Gasteiger partial charge < -0.3 is 10.5 Å². The Morgan fingerprint density at radius 1 is 1.44 bits per heavy atom. The lowest BCUT2D eigenvalue weighted by Crippen LogP contribution is -2.41. The third kappa shape index (κ3) is 4.40. The van der Waals surface area contributed by atoms with Crippen LogP contribution in [0.5, 0.6) is 0 Å². The molecule has 1 aliphatic rings. The second-order valence-electron chi connectivity index (χ2n) is 5.08. The first-order valence-corrected chi connectivity index (χ1v) is 6.65. The number of methoxy groups -OCH3 is 1. The van der Waals surface area contributed by atoms with Gasteiger partial charge in [-0.1, -0.05) is 13.3 Å². The average Bonchev–Trinajstić information content (AvgIpc) is 3.13. The van der Waals surface area contributed by atoms with Crippen molar-refractivity contribution in [1.29, 1.82) is 0 Å². The SMILES string of the molecule is CCC(CN)CN(CCOC)C(C)C1CC1. The van der Waals surface area contributed by atoms with Gasteiger partial charge in [-0.05, 0) is 38.1 Å². The molecule has 1 fully saturated rings. The van der Waals surface area contributed by atoms with E-state index in [-0.39, 0.29) is 0 Å². The molecule has 0 aromatic carbocycles. The number of ether oxygens (including phenoxy) is 1. The van der Waals surface area contributed by atoms with Crippen molar-refractivity contribution in [3.8, 4) is 0 Å². The van der Waals surface area contributed by atoms with E-state index in [0.29, 0.717) is 12.0 Å². The highest BCUT2D eigenvalue weighted by Crippen LogP contribution is 2.35. The summed E-state index contributed by atoms with van der Waals surface area (Å²) in [5.74, 6) is 1.56. The summed E-state index contributed by atoms with van der Waals surface area (Å²) in [6.07, 6.45) is 3.99. The molecule has 96 valence electrons. The van der Waals surface area contributed by atoms with E-state index in [1.807, 2.05) is 0 Å². The minimum atomic E-state index is 0.637. The maximum absolute atomic E-state index is 5.79. The van der Waals surface area contributed by atoms with Crippen molar-refractivity contribution < 1.29 is 4.74 Å². The molecule has 3 nitrogen and oxygen atoms in total. The highest BCUT2D eigenvalue weighted by atomic mass is 16.5. The molecule has 2 atom stereocenters. The molecule has 2 unspecified atom stereocenters. The van der Waals surface area contributed by atoms with Crippen LogP contribution in [0.1, 0.15) is 33.1 Å². The minimum absolute atomic E-state index is 0.637. The van der Waals surface area contributed by atoms with Gasteiger partial charge in [0.05, 0.1) is 6.61 Å². The Bertz CT molecular complexity index is 179. The lowest BCUT2D eigenvalue weighted by atomic mass is 10.0. The first kappa shape index (κ1) is 13.9. The minimum Gasteiger partial charge on any atom is -0.383 e. The second kappa shape index (κ2) is 7.25. The molecule has 0 spiro atoms. The molecule has 3 heteroatoms. The van der Waals surface area contributed by atoms with E-state index in [4.69, 9.17) is 10.5 Å². The normalized spacial score (nSPS) is 20.1. The summed E-state index contributed by atoms with van der Waals surface area (Å²) in [4.78, 5) is 2.57. The van der Waals surface area contributed by atoms with Crippen LogP contribution in [0.4, 0.5) is 0 Å². The van der Waals surface area contributed by atoms with Gasteiger partial charge in [0.25, 0.3) is 0 Å². The molecule has 1 aliphatic carbocycles. The number of hydrogen-bond acceptors (Lipinski definition) is 3. The molecule has 0 radical (unpaired) electrons. The summed E-state index contributed by atoms with van der Waals surface area (Å²) in [5.41, 5.74) is 5.79. The van der Waals surface area contributed by atoms with Crippen molar-refractivity contribution in [3.63, 3.8) is 0 Å². The molecule has 0 aromatic rings. The van der Waals surface area contributed by atoms with Gasteiger partial charge in [0.2, 0.25) is 0 Å². The Labute approximate surface area is 100 Å². The zero-order valence-corrected chi connectivity index (χ0v) is 11.1. The van der Waals surface area contributed by atoms with Gasteiger partial charge in [-0.15, -0.1) is 0 Å². The van der Waals surface area contributed by atoms with Crippen LogP contribution in [0.2, 0.25) is 0 Å². The van der Waals surface area contributed by atoms with Gasteiger partial charge in [-0.2, -0.15) is 0 Å². The van der Waals surface area contributed by atoms with E-state index in [9.17, 15) is 0 Å². The van der Waals surface area contributed by atoms with E-state index in [0.717, 1.165) is 32.2 Å². The average molecular weight is 228 g/mol. The Hall–Kier alpha value is -0.120. The largest absolute Gasteiger partial charge is 0.383 e. The number of hydrogen-bond donors (Lipinski definition) is 1. The molecular weight excluding hydrogens is 200 g/mol. The van der Waals surface area contributed by atoms with Crippen molar-refractivity contribution in [2.75, 3.05) is 33.4 Å². The van der Waals surface area contributed by atoms with E-state index in [1.165, 1.54) is 19.3 Å². The van der Waals surface area contributed by atoms with Gasteiger partial charge >= 0.3 is 0 Å². The zero-order valence-electron chi connectivity index (χ0n) is 11.1. The third-order valence-electron chi connectivity index (χ3n) is 3.87. The summed E-state index contributed by atoms with van der Waals surface area (Å²) < 4.78 is 5.20. The first-order chi connectivity index (χ1) is 7.72. The van der Waals surface area contributed by atoms with Crippen molar-refractivity contribution in [2.24, 2.45) is 17.6 Å². The van der Waals surface area contributed by atoms with Crippen LogP contribution in [0.3, 0.4) is 0 Å². The molecule has 1 saturated carbocycles. The monoisotopic (exact) mass is 228 g/mol. The molecule has 2 N–H and O–H groups in total. The predicted octanol–water partition coefficient (Wildman–Crippen LogP) is 1.72. The molecule has 0 bridgehead atoms. The summed E-state index contributed by atoms with van der Waals surface area (Å²) in [6, 6.07) is 0.704. The molecule has 0 saturated heterocycles. The van der Waals surface area contributed by atoms with Crippen molar-refractivity contribution >= 4 is 0 Å². The van der Waals surface area contributed by atoms with E-state index < -0.39 is 0 Å². The quantitative estimate of drug-likeness (QED) is 0.653. The summed E-state index contributed by atoms with van der Waals surface area (Å²) in [7, 11) is 1.78. The molecular formula is C13H28N2O. The topological polar surface area (TPSA) is 38.5 Å². The highest BCUT2D eigenvalue weighted by molar-refractivity contribution is 4.86. The smallest absolute Gasteiger partial charge is 0.0589 e. The Morgan fingerprint density at radius 3 is 2.56 bits per heavy atom. The van der Waals surface area contributed by atoms with E-state index >= 15 is 0 Å². The van der Waals surface area contributed by atoms with Crippen LogP contribution in [-0.4, -0.2) is 44.3 Å². The summed E-state index contributed by atoms with van der Waals surface area (Å²) in [5, 5.41) is 0. The summed E-state index contributed by atoms with van der Waals surface area (Å²) in [6.45, 7) is 8.40. The van der Waals surface area contributed by atoms with Crippen LogP contribution in [0, 0.1) is 11.8 Å². The Balaban J connectivity index is 2.41. The maximum Gasteiger partial charge on any atom is 0.0589 e. The number of rotatable bonds is 9. The standard InChI is InChI=1S/C13H28N2O/c1-4-12(9-14)10-15(7-8-16-3)11(2)13-5-6-13/h11-13H,4-10,14H2,1-3H3. The van der Waals surface area contributed by atoms with Crippen LogP contribution in [-0.2, 0) is 4.74 Å². The van der Waals surface area contributed by atoms with Crippen molar-refractivity contribution in [2.45, 2.75) is 39.2 Å². The van der Waals surface area contributed by atoms with Gasteiger partial charge in [0, 0.05) is 26.2 Å². The lowest BCUT2D eigenvalue weighted by molar-refractivity contribution is 0.103. The van der Waals surface area contributed by atoms with E-state index in [2.05, 4.69) is 18.7 Å². The van der Waals surface area contributed by atoms with Gasteiger partial charge in [-0.25, -0.2) is 0 Å². The fourth-order valence-corrected chi connectivity index (χ4v) is 2.25. The maximum atomic E-state index is 5.79. The van der Waals surface area contributed by atoms with E-state index in [1.54, 1.807) is 7.11 Å². The van der Waals surface area contributed by atoms with Gasteiger partial charge in [0.15, 0.2) is 0 Å². The number of nitrogens with two attached hydrogens (primary N) is 1. The molecule has 0 aliphatic heterocycles. The predicted molar refractivity (Wildman–Crippen MR) is 68.5 cm³/mol. The zero-order chi connectivity index (χ0) is 12.0. The molecule has 16 heavy (non-hydrogen) atoms. The van der Waals surface area contributed by atoms with Gasteiger partial charge in [0.1, 0.15) is 0 Å². The first-order valence-electron chi connectivity index (χ1n) is 6.65. The van der Waals surface area contributed by atoms with Crippen molar-refractivity contribution in [1.82, 2.24) is 4.90 Å². The van der Waals surface area contributed by atoms with Crippen LogP contribution < -0.4 is 5.73 Å². The third-order valence-corrected chi connectivity index (χ3v) is 3.87. The van der Waals surface area contributed by atoms with Crippen LogP contribution in [0.25, 0.3) is 0 Å². The lowest BCUT2D eigenvalue weighted by Gasteiger charge is -2.32. The molecule has 0 aromatic heterocycles. The number of nitrogens with zero attached hydrogens (tertiary/aromatic N) is 1. The fourth-order valence-electron chi connectivity index (χ4n) is 2.25. The molecule has 1 rings (SSSR count). The fraction of sp³-hybridized carbons (Fsp3) is 1.00. The Morgan fingerprint density at radius 2 is 2.12 bits per heavy atom. The Kier molecular flexibility index (Phi) is 6.32. The van der Waals surface area contributed by atoms with Crippen LogP contribution in [0.15, 0.2) is 0 Å². The van der Waals surface area contributed by atoms with Gasteiger partial charge in [-0.3, -0.25) is 4.90 Å². The molecule has 0 amide bonds. The summed E-state index contributed by atoms with van der Waals surface area (Å²) >= 11 is 0.